The van der Waals surface area contributed by atoms with Crippen molar-refractivity contribution in [2.45, 2.75) is 25.9 Å². The Labute approximate surface area is 108 Å². The van der Waals surface area contributed by atoms with Crippen LogP contribution in [0.5, 0.6) is 0 Å². The fraction of sp³-hybridized carbons (Fsp3) is 0.909. The molecule has 0 aliphatic carbocycles. The highest BCUT2D eigenvalue weighted by Crippen LogP contribution is 2.17. The molecule has 1 fully saturated rings. The first-order valence-electron chi connectivity index (χ1n) is 6.17. The van der Waals surface area contributed by atoms with Crippen LogP contribution in [0, 0.1) is 5.92 Å². The van der Waals surface area contributed by atoms with Gasteiger partial charge in [-0.15, -0.1) is 0 Å². The van der Waals surface area contributed by atoms with E-state index in [-0.39, 0.29) is 30.4 Å². The second-order valence-corrected chi connectivity index (χ2v) is 6.82. The van der Waals surface area contributed by atoms with E-state index in [2.05, 4.69) is 5.32 Å². The molecule has 18 heavy (non-hydrogen) atoms. The molecule has 0 spiro atoms. The highest BCUT2D eigenvalue weighted by atomic mass is 32.2. The Balaban J connectivity index is 2.12. The van der Waals surface area contributed by atoms with Crippen LogP contribution in [0.15, 0.2) is 0 Å². The third-order valence-electron chi connectivity index (χ3n) is 2.85. The Morgan fingerprint density at radius 1 is 1.56 bits per heavy atom. The predicted molar refractivity (Wildman–Crippen MR) is 66.9 cm³/mol. The Morgan fingerprint density at radius 2 is 2.28 bits per heavy atom. The number of carbonyl (C=O) groups excluding carboxylic acids is 1. The van der Waals surface area contributed by atoms with Gasteiger partial charge in [0.05, 0.1) is 30.6 Å². The van der Waals surface area contributed by atoms with Crippen molar-refractivity contribution in [2.24, 2.45) is 5.92 Å². The van der Waals surface area contributed by atoms with E-state index in [0.717, 1.165) is 0 Å². The predicted octanol–water partition coefficient (Wildman–Crippen LogP) is -0.675. The lowest BCUT2D eigenvalue weighted by atomic mass is 10.1. The van der Waals surface area contributed by atoms with Crippen LogP contribution in [-0.4, -0.2) is 56.8 Å². The second kappa shape index (κ2) is 7.06. The molecule has 1 rings (SSSR count). The minimum Gasteiger partial charge on any atom is -0.466 e. The summed E-state index contributed by atoms with van der Waals surface area (Å²) in [5.74, 6) is 0.165. The number of carbonyl (C=O) groups is 1. The van der Waals surface area contributed by atoms with Gasteiger partial charge in [0.15, 0.2) is 9.84 Å². The number of aliphatic hydroxyl groups excluding tert-OH is 1. The molecule has 0 aromatic heterocycles. The maximum atomic E-state index is 11.2. The lowest BCUT2D eigenvalue weighted by molar-refractivity contribution is -0.145. The number of ether oxygens (including phenoxy) is 1. The van der Waals surface area contributed by atoms with Gasteiger partial charge >= 0.3 is 5.97 Å². The van der Waals surface area contributed by atoms with Crippen molar-refractivity contribution in [2.75, 3.05) is 31.2 Å². The maximum absolute atomic E-state index is 11.2. The summed E-state index contributed by atoms with van der Waals surface area (Å²) in [5, 5.41) is 12.5. The lowest BCUT2D eigenvalue weighted by Crippen LogP contribution is -2.33. The largest absolute Gasteiger partial charge is 0.466 e. The summed E-state index contributed by atoms with van der Waals surface area (Å²) in [6, 6.07) is 0. The van der Waals surface area contributed by atoms with Crippen molar-refractivity contribution in [3.8, 4) is 0 Å². The molecule has 1 saturated heterocycles. The van der Waals surface area contributed by atoms with Gasteiger partial charge in [0.1, 0.15) is 0 Å². The summed E-state index contributed by atoms with van der Waals surface area (Å²) >= 11 is 0. The number of rotatable bonds is 7. The maximum Gasteiger partial charge on any atom is 0.308 e. The fourth-order valence-electron chi connectivity index (χ4n) is 1.97. The van der Waals surface area contributed by atoms with Crippen molar-refractivity contribution in [1.29, 1.82) is 0 Å². The topological polar surface area (TPSA) is 92.7 Å². The van der Waals surface area contributed by atoms with E-state index in [0.29, 0.717) is 19.6 Å². The van der Waals surface area contributed by atoms with Crippen LogP contribution in [0.3, 0.4) is 0 Å². The van der Waals surface area contributed by atoms with E-state index in [9.17, 15) is 18.3 Å². The normalized spacial score (nSPS) is 23.8. The van der Waals surface area contributed by atoms with Gasteiger partial charge in [-0.25, -0.2) is 8.42 Å². The van der Waals surface area contributed by atoms with Crippen LogP contribution in [0.2, 0.25) is 0 Å². The molecule has 2 atom stereocenters. The summed E-state index contributed by atoms with van der Waals surface area (Å²) in [4.78, 5) is 11.1. The lowest BCUT2D eigenvalue weighted by Gasteiger charge is -2.13. The highest BCUT2D eigenvalue weighted by Gasteiger charge is 2.27. The number of aliphatic hydroxyl groups is 1. The Kier molecular flexibility index (Phi) is 6.04. The van der Waals surface area contributed by atoms with E-state index in [4.69, 9.17) is 4.74 Å². The van der Waals surface area contributed by atoms with Crippen LogP contribution in [0.4, 0.5) is 0 Å². The molecule has 6 nitrogen and oxygen atoms in total. The van der Waals surface area contributed by atoms with Crippen LogP contribution in [0.25, 0.3) is 0 Å². The van der Waals surface area contributed by atoms with E-state index in [1.165, 1.54) is 0 Å². The molecule has 0 amide bonds. The molecule has 106 valence electrons. The zero-order valence-corrected chi connectivity index (χ0v) is 11.4. The van der Waals surface area contributed by atoms with Crippen LogP contribution in [-0.2, 0) is 19.4 Å². The average molecular weight is 279 g/mol. The molecular formula is C11H21NO5S. The van der Waals surface area contributed by atoms with Crippen molar-refractivity contribution in [3.05, 3.63) is 0 Å². The molecule has 1 aliphatic rings. The summed E-state index contributed by atoms with van der Waals surface area (Å²) in [5.41, 5.74) is 0. The minimum absolute atomic E-state index is 0.0379. The van der Waals surface area contributed by atoms with Gasteiger partial charge < -0.3 is 15.2 Å². The monoisotopic (exact) mass is 279 g/mol. The molecular weight excluding hydrogens is 258 g/mol. The third kappa shape index (κ3) is 5.79. The second-order valence-electron chi connectivity index (χ2n) is 4.59. The Bertz CT molecular complexity index is 368. The summed E-state index contributed by atoms with van der Waals surface area (Å²) in [6.45, 7) is 2.84. The zero-order chi connectivity index (χ0) is 13.6. The third-order valence-corrected chi connectivity index (χ3v) is 4.68. The SMILES string of the molecule is CCOC(=O)CC(O)CNCC1CCS(=O)(=O)C1. The summed E-state index contributed by atoms with van der Waals surface area (Å²) in [6.07, 6.45) is -0.158. The molecule has 1 aliphatic heterocycles. The van der Waals surface area contributed by atoms with Crippen molar-refractivity contribution in [1.82, 2.24) is 5.32 Å². The number of hydrogen-bond donors (Lipinski definition) is 2. The first-order chi connectivity index (χ1) is 8.43. The first-order valence-corrected chi connectivity index (χ1v) is 8.00. The molecule has 7 heteroatoms. The van der Waals surface area contributed by atoms with Crippen LogP contribution in [0.1, 0.15) is 19.8 Å². The van der Waals surface area contributed by atoms with Crippen LogP contribution >= 0.6 is 0 Å². The average Bonchev–Trinajstić information content (AvgIpc) is 2.58. The van der Waals surface area contributed by atoms with E-state index < -0.39 is 21.9 Å². The van der Waals surface area contributed by atoms with E-state index in [1.54, 1.807) is 6.92 Å². The molecule has 2 unspecified atom stereocenters. The molecule has 2 N–H and O–H groups in total. The molecule has 0 saturated carbocycles. The van der Waals surface area contributed by atoms with Gasteiger partial charge in [-0.2, -0.15) is 0 Å². The van der Waals surface area contributed by atoms with Crippen LogP contribution < -0.4 is 5.32 Å². The first kappa shape index (κ1) is 15.4. The zero-order valence-electron chi connectivity index (χ0n) is 10.6. The smallest absolute Gasteiger partial charge is 0.308 e. The molecule has 0 bridgehead atoms. The van der Waals surface area contributed by atoms with Gasteiger partial charge in [0, 0.05) is 6.54 Å². The number of nitrogens with one attached hydrogen (secondary N) is 1. The fourth-order valence-corrected chi connectivity index (χ4v) is 3.83. The van der Waals surface area contributed by atoms with Crippen molar-refractivity contribution < 1.29 is 23.1 Å². The number of esters is 1. The summed E-state index contributed by atoms with van der Waals surface area (Å²) in [7, 11) is -2.85. The molecule has 0 aromatic rings. The number of sulfone groups is 1. The quantitative estimate of drug-likeness (QED) is 0.600. The Hall–Kier alpha value is -0.660. The van der Waals surface area contributed by atoms with Gasteiger partial charge in [-0.05, 0) is 25.8 Å². The summed E-state index contributed by atoms with van der Waals surface area (Å²) < 4.78 is 27.1. The molecule has 1 heterocycles. The van der Waals surface area contributed by atoms with E-state index in [1.807, 2.05) is 0 Å². The molecule has 0 aromatic carbocycles. The highest BCUT2D eigenvalue weighted by molar-refractivity contribution is 7.91. The van der Waals surface area contributed by atoms with Crippen molar-refractivity contribution in [3.63, 3.8) is 0 Å². The molecule has 0 radical (unpaired) electrons. The number of hydrogen-bond acceptors (Lipinski definition) is 6. The minimum atomic E-state index is -2.85. The standard InChI is InChI=1S/C11H21NO5S/c1-2-17-11(14)5-10(13)7-12-6-9-3-4-18(15,16)8-9/h9-10,12-13H,2-8H2,1H3. The van der Waals surface area contributed by atoms with E-state index >= 15 is 0 Å². The van der Waals surface area contributed by atoms with Gasteiger partial charge in [-0.1, -0.05) is 0 Å². The Morgan fingerprint density at radius 3 is 2.83 bits per heavy atom. The van der Waals surface area contributed by atoms with Gasteiger partial charge in [0.25, 0.3) is 0 Å². The van der Waals surface area contributed by atoms with Gasteiger partial charge in [0.2, 0.25) is 0 Å². The van der Waals surface area contributed by atoms with Gasteiger partial charge in [-0.3, -0.25) is 4.79 Å². The van der Waals surface area contributed by atoms with Crippen molar-refractivity contribution >= 4 is 15.8 Å².